The zero-order chi connectivity index (χ0) is 17.0. The Bertz CT molecular complexity index is 1080. The van der Waals surface area contributed by atoms with E-state index in [9.17, 15) is 9.50 Å². The van der Waals surface area contributed by atoms with Crippen molar-refractivity contribution in [3.63, 3.8) is 0 Å². The Kier molecular flexibility index (Phi) is 3.05. The summed E-state index contributed by atoms with van der Waals surface area (Å²) in [6.45, 7) is 0. The number of hydrogen-bond donors (Lipinski definition) is 1. The monoisotopic (exact) mass is 334 g/mol. The number of aliphatic hydroxyl groups is 1. The average Bonchev–Trinajstić information content (AvgIpc) is 3.31. The molecule has 0 radical (unpaired) electrons. The van der Waals surface area contributed by atoms with Gasteiger partial charge in [-0.25, -0.2) is 9.37 Å². The van der Waals surface area contributed by atoms with Gasteiger partial charge in [0.05, 0.1) is 36.6 Å². The fourth-order valence-electron chi connectivity index (χ4n) is 3.73. The number of hydrogen-bond acceptors (Lipinski definition) is 3. The molecule has 0 aliphatic carbocycles. The van der Waals surface area contributed by atoms with Crippen LogP contribution >= 0.6 is 0 Å². The Morgan fingerprint density at radius 2 is 2.12 bits per heavy atom. The summed E-state index contributed by atoms with van der Waals surface area (Å²) in [4.78, 5) is 4.20. The highest BCUT2D eigenvalue weighted by atomic mass is 19.1. The minimum absolute atomic E-state index is 0.141. The van der Waals surface area contributed by atoms with E-state index in [-0.39, 0.29) is 11.9 Å². The third kappa shape index (κ3) is 2.20. The van der Waals surface area contributed by atoms with E-state index in [0.717, 1.165) is 33.4 Å². The van der Waals surface area contributed by atoms with Gasteiger partial charge in [0.25, 0.3) is 0 Å². The van der Waals surface area contributed by atoms with E-state index in [2.05, 4.69) is 4.98 Å². The summed E-state index contributed by atoms with van der Waals surface area (Å²) in [5.41, 5.74) is 4.43. The Morgan fingerprint density at radius 1 is 1.20 bits per heavy atom. The second kappa shape index (κ2) is 5.29. The second-order valence-electron chi connectivity index (χ2n) is 6.40. The third-order valence-corrected chi connectivity index (χ3v) is 4.96. The maximum atomic E-state index is 13.8. The van der Waals surface area contributed by atoms with Crippen LogP contribution < -0.4 is 0 Å². The Morgan fingerprint density at radius 3 is 3.04 bits per heavy atom. The van der Waals surface area contributed by atoms with Crippen LogP contribution in [0.2, 0.25) is 0 Å². The summed E-state index contributed by atoms with van der Waals surface area (Å²) in [7, 11) is 0. The van der Waals surface area contributed by atoms with Gasteiger partial charge in [-0.3, -0.25) is 0 Å². The lowest BCUT2D eigenvalue weighted by Crippen LogP contribution is -2.10. The molecule has 0 saturated carbocycles. The normalized spacial score (nSPS) is 16.8. The highest BCUT2D eigenvalue weighted by Gasteiger charge is 2.30. The number of rotatable bonds is 3. The minimum atomic E-state index is -0.672. The van der Waals surface area contributed by atoms with Gasteiger partial charge >= 0.3 is 0 Å². The van der Waals surface area contributed by atoms with E-state index >= 15 is 0 Å². The summed E-state index contributed by atoms with van der Waals surface area (Å²) >= 11 is 0. The Balaban J connectivity index is 1.52. The molecule has 2 aromatic heterocycles. The fraction of sp³-hybridized carbons (Fsp3) is 0.150. The topological polar surface area (TPSA) is 51.2 Å². The van der Waals surface area contributed by atoms with Gasteiger partial charge in [0.2, 0.25) is 0 Å². The van der Waals surface area contributed by atoms with Crippen LogP contribution in [0.15, 0.2) is 65.7 Å². The van der Waals surface area contributed by atoms with Gasteiger partial charge in [-0.1, -0.05) is 6.07 Å². The SMILES string of the molecule is OC(CC1c2cc(F)ccc2-c2cncn21)c1ccc2occc2c1. The molecule has 0 fully saturated rings. The third-order valence-electron chi connectivity index (χ3n) is 4.96. The molecule has 5 heteroatoms. The van der Waals surface area contributed by atoms with Crippen LogP contribution in [0.4, 0.5) is 4.39 Å². The Hall–Kier alpha value is -2.92. The second-order valence-corrected chi connectivity index (χ2v) is 6.40. The number of halogens is 1. The Labute approximate surface area is 143 Å². The minimum Gasteiger partial charge on any atom is -0.464 e. The van der Waals surface area contributed by atoms with Gasteiger partial charge in [0, 0.05) is 17.4 Å². The maximum absolute atomic E-state index is 13.8. The summed E-state index contributed by atoms with van der Waals surface area (Å²) < 4.78 is 21.1. The van der Waals surface area contributed by atoms with E-state index in [4.69, 9.17) is 4.42 Å². The standard InChI is InChI=1S/C20H15FN2O2/c21-14-2-3-15-16(8-14)17(23-11-22-10-18(15)23)9-19(24)12-1-4-20-13(7-12)5-6-25-20/h1-8,10-11,17,19,24H,9H2. The molecular formula is C20H15FN2O2. The van der Waals surface area contributed by atoms with Crippen molar-refractivity contribution < 1.29 is 13.9 Å². The van der Waals surface area contributed by atoms with Crippen LogP contribution in [-0.4, -0.2) is 14.7 Å². The highest BCUT2D eigenvalue weighted by molar-refractivity contribution is 5.77. The summed E-state index contributed by atoms with van der Waals surface area (Å²) in [6.07, 6.45) is 4.93. The zero-order valence-corrected chi connectivity index (χ0v) is 13.3. The molecule has 1 aliphatic heterocycles. The van der Waals surface area contributed by atoms with Crippen LogP contribution in [0.5, 0.6) is 0 Å². The van der Waals surface area contributed by atoms with Crippen molar-refractivity contribution >= 4 is 11.0 Å². The first-order chi connectivity index (χ1) is 12.2. The predicted octanol–water partition coefficient (Wildman–Crippen LogP) is 4.46. The van der Waals surface area contributed by atoms with Gasteiger partial charge in [-0.15, -0.1) is 0 Å². The summed E-state index contributed by atoms with van der Waals surface area (Å²) in [5.74, 6) is -0.267. The van der Waals surface area contributed by atoms with E-state index in [0.29, 0.717) is 6.42 Å². The molecule has 0 bridgehead atoms. The van der Waals surface area contributed by atoms with Crippen molar-refractivity contribution in [1.29, 1.82) is 0 Å². The van der Waals surface area contributed by atoms with Gasteiger partial charge in [-0.2, -0.15) is 0 Å². The van der Waals surface area contributed by atoms with Crippen molar-refractivity contribution in [1.82, 2.24) is 9.55 Å². The molecule has 2 unspecified atom stereocenters. The molecule has 2 atom stereocenters. The van der Waals surface area contributed by atoms with E-state index in [1.807, 2.05) is 28.8 Å². The highest BCUT2D eigenvalue weighted by Crippen LogP contribution is 2.43. The van der Waals surface area contributed by atoms with Crippen molar-refractivity contribution in [2.45, 2.75) is 18.6 Å². The van der Waals surface area contributed by atoms with Crippen molar-refractivity contribution in [3.05, 3.63) is 78.2 Å². The largest absolute Gasteiger partial charge is 0.464 e. The average molecular weight is 334 g/mol. The van der Waals surface area contributed by atoms with Crippen LogP contribution in [0.25, 0.3) is 22.2 Å². The van der Waals surface area contributed by atoms with Crippen LogP contribution in [0, 0.1) is 5.82 Å². The van der Waals surface area contributed by atoms with Gasteiger partial charge < -0.3 is 14.1 Å². The molecule has 4 aromatic rings. The fourth-order valence-corrected chi connectivity index (χ4v) is 3.73. The molecule has 0 saturated heterocycles. The molecule has 5 rings (SSSR count). The first-order valence-electron chi connectivity index (χ1n) is 8.17. The summed E-state index contributed by atoms with van der Waals surface area (Å²) in [5, 5.41) is 11.7. The predicted molar refractivity (Wildman–Crippen MR) is 91.6 cm³/mol. The zero-order valence-electron chi connectivity index (χ0n) is 13.3. The van der Waals surface area contributed by atoms with Crippen LogP contribution in [0.1, 0.15) is 29.7 Å². The molecule has 4 nitrogen and oxygen atoms in total. The lowest BCUT2D eigenvalue weighted by atomic mass is 9.95. The first-order valence-corrected chi connectivity index (χ1v) is 8.17. The number of fused-ring (bicyclic) bond motifs is 4. The first kappa shape index (κ1) is 14.4. The molecule has 124 valence electrons. The van der Waals surface area contributed by atoms with Gasteiger partial charge in [0.15, 0.2) is 0 Å². The smallest absolute Gasteiger partial charge is 0.133 e. The summed E-state index contributed by atoms with van der Waals surface area (Å²) in [6, 6.07) is 12.2. The molecule has 2 aromatic carbocycles. The van der Waals surface area contributed by atoms with Gasteiger partial charge in [-0.05, 0) is 47.5 Å². The molecular weight excluding hydrogens is 319 g/mol. The molecule has 3 heterocycles. The van der Waals surface area contributed by atoms with Crippen molar-refractivity contribution in [2.24, 2.45) is 0 Å². The van der Waals surface area contributed by atoms with Crippen LogP contribution in [0.3, 0.4) is 0 Å². The maximum Gasteiger partial charge on any atom is 0.133 e. The number of furan rings is 1. The number of imidazole rings is 1. The molecule has 25 heavy (non-hydrogen) atoms. The number of aromatic nitrogens is 2. The number of nitrogens with zero attached hydrogens (tertiary/aromatic N) is 2. The lowest BCUT2D eigenvalue weighted by molar-refractivity contribution is 0.154. The molecule has 0 spiro atoms. The lowest BCUT2D eigenvalue weighted by Gasteiger charge is -2.19. The van der Waals surface area contributed by atoms with Gasteiger partial charge in [0.1, 0.15) is 11.4 Å². The quantitative estimate of drug-likeness (QED) is 0.602. The van der Waals surface area contributed by atoms with Crippen LogP contribution in [-0.2, 0) is 0 Å². The van der Waals surface area contributed by atoms with E-state index < -0.39 is 6.10 Å². The van der Waals surface area contributed by atoms with E-state index in [1.54, 1.807) is 30.9 Å². The number of aliphatic hydroxyl groups excluding tert-OH is 1. The molecule has 1 aliphatic rings. The number of benzene rings is 2. The molecule has 0 amide bonds. The van der Waals surface area contributed by atoms with Crippen molar-refractivity contribution in [3.8, 4) is 11.3 Å². The van der Waals surface area contributed by atoms with E-state index in [1.165, 1.54) is 6.07 Å². The molecule has 1 N–H and O–H groups in total. The van der Waals surface area contributed by atoms with Crippen molar-refractivity contribution in [2.75, 3.05) is 0 Å².